The van der Waals surface area contributed by atoms with E-state index in [4.69, 9.17) is 10.7 Å². The summed E-state index contributed by atoms with van der Waals surface area (Å²) in [4.78, 5) is 40.8. The van der Waals surface area contributed by atoms with Crippen LogP contribution < -0.4 is 21.3 Å². The van der Waals surface area contributed by atoms with Gasteiger partial charge in [-0.25, -0.2) is 23.1 Å². The maximum Gasteiger partial charge on any atom is 0.267 e. The fourth-order valence-corrected chi connectivity index (χ4v) is 4.57. The lowest BCUT2D eigenvalue weighted by molar-refractivity contribution is 0.0939. The summed E-state index contributed by atoms with van der Waals surface area (Å²) in [6.45, 7) is 6.97. The number of nitrogen functional groups attached to an aromatic ring is 1. The van der Waals surface area contributed by atoms with Crippen molar-refractivity contribution in [2.75, 3.05) is 18.5 Å². The van der Waals surface area contributed by atoms with Crippen LogP contribution in [0.15, 0.2) is 77.2 Å². The molecule has 0 aliphatic heterocycles. The molecule has 0 fully saturated rings. The van der Waals surface area contributed by atoms with Crippen LogP contribution >= 0.6 is 0 Å². The smallest absolute Gasteiger partial charge is 0.267 e. The van der Waals surface area contributed by atoms with Crippen LogP contribution in [0.5, 0.6) is 0 Å². The molecule has 0 aliphatic carbocycles. The number of para-hydroxylation sites is 1. The van der Waals surface area contributed by atoms with Crippen LogP contribution in [-0.4, -0.2) is 47.9 Å². The molecule has 0 bridgehead atoms. The van der Waals surface area contributed by atoms with Gasteiger partial charge in [0.05, 0.1) is 41.1 Å². The standard InChI is InChI=1S/C30H29N7O4S/c1-5-16-32-26-19(2)18-33-27(31)25(26)29(38)35-20(3)28-36-23-15-9-11-21(12-10-17-34-42(4,40)41)24(23)30(39)37(28)22-13-7-6-8-14-22/h5-9,11,13-16,18,20,34H,1,17H2,2-4H3,(H2,31,33)(H,35,38)/t20-/m1/s1. The van der Waals surface area contributed by atoms with Crippen molar-refractivity contribution < 1.29 is 13.2 Å². The van der Waals surface area contributed by atoms with Crippen LogP contribution in [0, 0.1) is 18.8 Å². The Morgan fingerprint density at radius 3 is 2.64 bits per heavy atom. The Hall–Kier alpha value is -5.12. The summed E-state index contributed by atoms with van der Waals surface area (Å²) in [5, 5.41) is 3.15. The number of fused-ring (bicyclic) bond motifs is 1. The number of aliphatic imine (C=N–C) groups is 1. The van der Waals surface area contributed by atoms with E-state index in [-0.39, 0.29) is 29.1 Å². The predicted molar refractivity (Wildman–Crippen MR) is 165 cm³/mol. The number of hydrogen-bond donors (Lipinski definition) is 3. The molecule has 1 atom stereocenters. The topological polar surface area (TPSA) is 161 Å². The Labute approximate surface area is 243 Å². The molecule has 0 saturated heterocycles. The molecular formula is C30H29N7O4S. The molecule has 2 heterocycles. The van der Waals surface area contributed by atoms with Crippen LogP contribution in [0.25, 0.3) is 16.6 Å². The first-order valence-electron chi connectivity index (χ1n) is 12.8. The van der Waals surface area contributed by atoms with Gasteiger partial charge in [0.25, 0.3) is 11.5 Å². The van der Waals surface area contributed by atoms with Gasteiger partial charge in [0.2, 0.25) is 10.0 Å². The number of nitrogens with zero attached hydrogens (tertiary/aromatic N) is 4. The summed E-state index contributed by atoms with van der Waals surface area (Å²) in [7, 11) is -3.42. The number of aromatic nitrogens is 3. The second kappa shape index (κ2) is 12.6. The monoisotopic (exact) mass is 583 g/mol. The van der Waals surface area contributed by atoms with Crippen LogP contribution in [0.4, 0.5) is 11.5 Å². The highest BCUT2D eigenvalue weighted by Crippen LogP contribution is 2.28. The Morgan fingerprint density at radius 2 is 1.95 bits per heavy atom. The number of hydrogen-bond acceptors (Lipinski definition) is 8. The number of pyridine rings is 1. The number of nitrogens with two attached hydrogens (primary N) is 1. The normalized spacial score (nSPS) is 12.1. The fourth-order valence-electron chi connectivity index (χ4n) is 4.24. The van der Waals surface area contributed by atoms with Crippen molar-refractivity contribution in [3.8, 4) is 17.5 Å². The minimum Gasteiger partial charge on any atom is -0.383 e. The zero-order valence-electron chi connectivity index (χ0n) is 23.2. The van der Waals surface area contributed by atoms with Gasteiger partial charge in [-0.2, -0.15) is 0 Å². The Kier molecular flexibility index (Phi) is 8.95. The highest BCUT2D eigenvalue weighted by molar-refractivity contribution is 7.88. The third-order valence-corrected chi connectivity index (χ3v) is 6.79. The number of carbonyl (C=O) groups is 1. The number of anilines is 1. The van der Waals surface area contributed by atoms with E-state index in [0.29, 0.717) is 28.0 Å². The molecule has 1 amide bonds. The molecule has 4 N–H and O–H groups in total. The second-order valence-corrected chi connectivity index (χ2v) is 11.1. The third-order valence-electron chi connectivity index (χ3n) is 6.12. The summed E-state index contributed by atoms with van der Waals surface area (Å²) in [6, 6.07) is 13.2. The number of rotatable bonds is 8. The van der Waals surface area contributed by atoms with E-state index in [1.807, 2.05) is 6.07 Å². The number of benzene rings is 2. The van der Waals surface area contributed by atoms with E-state index >= 15 is 0 Å². The Balaban J connectivity index is 1.84. The zero-order valence-corrected chi connectivity index (χ0v) is 24.1. The lowest BCUT2D eigenvalue weighted by Gasteiger charge is -2.21. The first-order valence-corrected chi connectivity index (χ1v) is 14.7. The number of sulfonamides is 1. The maximum absolute atomic E-state index is 14.1. The molecule has 2 aromatic heterocycles. The summed E-state index contributed by atoms with van der Waals surface area (Å²) in [5.74, 6) is 5.34. The van der Waals surface area contributed by atoms with Crippen LogP contribution in [0.2, 0.25) is 0 Å². The number of aryl methyl sites for hydroxylation is 1. The number of nitrogens with one attached hydrogen (secondary N) is 2. The van der Waals surface area contributed by atoms with Crippen molar-refractivity contribution in [2.45, 2.75) is 19.9 Å². The van der Waals surface area contributed by atoms with E-state index in [1.54, 1.807) is 56.3 Å². The Morgan fingerprint density at radius 1 is 1.21 bits per heavy atom. The number of carbonyl (C=O) groups excluding carboxylic acids is 1. The van der Waals surface area contributed by atoms with Crippen molar-refractivity contribution >= 4 is 44.6 Å². The predicted octanol–water partition coefficient (Wildman–Crippen LogP) is 2.95. The first-order chi connectivity index (χ1) is 20.0. The number of amides is 1. The van der Waals surface area contributed by atoms with Crippen molar-refractivity contribution in [3.05, 3.63) is 100 Å². The van der Waals surface area contributed by atoms with Gasteiger partial charge in [0, 0.05) is 18.0 Å². The quantitative estimate of drug-likeness (QED) is 0.212. The van der Waals surface area contributed by atoms with Gasteiger partial charge >= 0.3 is 0 Å². The highest BCUT2D eigenvalue weighted by Gasteiger charge is 2.24. The van der Waals surface area contributed by atoms with Gasteiger partial charge in [-0.3, -0.25) is 19.1 Å². The summed E-state index contributed by atoms with van der Waals surface area (Å²) in [5.41, 5.74) is 8.05. The van der Waals surface area contributed by atoms with Crippen LogP contribution in [-0.2, 0) is 10.0 Å². The molecule has 0 saturated carbocycles. The van der Waals surface area contributed by atoms with Crippen molar-refractivity contribution in [3.63, 3.8) is 0 Å². The van der Waals surface area contributed by atoms with Crippen molar-refractivity contribution in [2.24, 2.45) is 4.99 Å². The molecule has 2 aromatic carbocycles. The molecule has 0 unspecified atom stereocenters. The lowest BCUT2D eigenvalue weighted by Crippen LogP contribution is -2.34. The van der Waals surface area contributed by atoms with Crippen LogP contribution in [0.1, 0.15) is 40.3 Å². The fraction of sp³-hybridized carbons (Fsp3) is 0.167. The first kappa shape index (κ1) is 29.9. The third kappa shape index (κ3) is 6.60. The van der Waals surface area contributed by atoms with Gasteiger partial charge in [0.15, 0.2) is 0 Å². The molecule has 42 heavy (non-hydrogen) atoms. The molecular weight excluding hydrogens is 554 g/mol. The van der Waals surface area contributed by atoms with E-state index < -0.39 is 27.5 Å². The van der Waals surface area contributed by atoms with Crippen molar-refractivity contribution in [1.82, 2.24) is 24.6 Å². The van der Waals surface area contributed by atoms with Gasteiger partial charge < -0.3 is 11.1 Å². The summed E-state index contributed by atoms with van der Waals surface area (Å²) in [6.07, 6.45) is 5.51. The average molecular weight is 584 g/mol. The largest absolute Gasteiger partial charge is 0.383 e. The minimum atomic E-state index is -3.42. The second-order valence-electron chi connectivity index (χ2n) is 9.30. The summed E-state index contributed by atoms with van der Waals surface area (Å²) < 4.78 is 26.5. The molecule has 0 radical (unpaired) electrons. The van der Waals surface area contributed by atoms with Gasteiger partial charge in [0.1, 0.15) is 17.2 Å². The molecule has 0 spiro atoms. The Bertz CT molecular complexity index is 1940. The van der Waals surface area contributed by atoms with E-state index in [9.17, 15) is 18.0 Å². The lowest BCUT2D eigenvalue weighted by atomic mass is 10.1. The van der Waals surface area contributed by atoms with E-state index in [2.05, 4.69) is 38.4 Å². The molecule has 4 rings (SSSR count). The average Bonchev–Trinajstić information content (AvgIpc) is 2.95. The summed E-state index contributed by atoms with van der Waals surface area (Å²) >= 11 is 0. The molecule has 12 heteroatoms. The van der Waals surface area contributed by atoms with Crippen molar-refractivity contribution in [1.29, 1.82) is 0 Å². The molecule has 4 aromatic rings. The maximum atomic E-state index is 14.1. The van der Waals surface area contributed by atoms with Gasteiger partial charge in [-0.05, 0) is 43.7 Å². The van der Waals surface area contributed by atoms with Crippen LogP contribution in [0.3, 0.4) is 0 Å². The molecule has 214 valence electrons. The van der Waals surface area contributed by atoms with Gasteiger partial charge in [-0.1, -0.05) is 48.8 Å². The number of allylic oxidation sites excluding steroid dienone is 1. The zero-order chi connectivity index (χ0) is 30.4. The highest BCUT2D eigenvalue weighted by atomic mass is 32.2. The SMILES string of the molecule is C=CC=Nc1c(C)cnc(N)c1C(=O)N[C@H](C)c1nc2cccc(C#CCNS(C)(=O)=O)c2c(=O)n1-c1ccccc1. The molecule has 11 nitrogen and oxygen atoms in total. The molecule has 0 aliphatic rings. The van der Waals surface area contributed by atoms with E-state index in [1.165, 1.54) is 23.1 Å². The van der Waals surface area contributed by atoms with E-state index in [0.717, 1.165) is 6.26 Å². The minimum absolute atomic E-state index is 0.00186. The van der Waals surface area contributed by atoms with Gasteiger partial charge in [-0.15, -0.1) is 0 Å².